The molecule has 0 aliphatic heterocycles. The molecule has 2 N–H and O–H groups in total. The molecule has 20 heavy (non-hydrogen) atoms. The molecule has 0 saturated carbocycles. The third-order valence-corrected chi connectivity index (χ3v) is 4.30. The molecule has 0 amide bonds. The van der Waals surface area contributed by atoms with E-state index in [-0.39, 0.29) is 5.88 Å². The Morgan fingerprint density at radius 1 is 1.25 bits per heavy atom. The van der Waals surface area contributed by atoms with E-state index in [9.17, 15) is 0 Å². The molecule has 2 heterocycles. The number of benzene rings is 1. The Morgan fingerprint density at radius 3 is 2.70 bits per heavy atom. The lowest BCUT2D eigenvalue weighted by atomic mass is 10.0. The minimum Gasteiger partial charge on any atom is -0.367 e. The van der Waals surface area contributed by atoms with Crippen LogP contribution < -0.4 is 5.73 Å². The van der Waals surface area contributed by atoms with E-state index in [4.69, 9.17) is 33.5 Å². The van der Waals surface area contributed by atoms with E-state index in [1.165, 1.54) is 11.3 Å². The van der Waals surface area contributed by atoms with Crippen LogP contribution in [0.5, 0.6) is 0 Å². The second-order valence-corrected chi connectivity index (χ2v) is 6.03. The molecule has 0 aliphatic rings. The predicted octanol–water partition coefficient (Wildman–Crippen LogP) is 4.66. The van der Waals surface area contributed by atoms with Gasteiger partial charge in [0.1, 0.15) is 11.4 Å². The number of thiazole rings is 1. The zero-order valence-corrected chi connectivity index (χ0v) is 12.7. The Morgan fingerprint density at radius 2 is 2.05 bits per heavy atom. The lowest BCUT2D eigenvalue weighted by molar-refractivity contribution is 0.439. The van der Waals surface area contributed by atoms with Crippen molar-refractivity contribution in [3.8, 4) is 22.5 Å². The largest absolute Gasteiger partial charge is 0.367 e. The number of nitrogen functional groups attached to an aromatic ring is 1. The number of hydrogen-bond acceptors (Lipinski definition) is 5. The molecule has 0 saturated heterocycles. The smallest absolute Gasteiger partial charge is 0.230 e. The Hall–Kier alpha value is -1.56. The highest BCUT2D eigenvalue weighted by Gasteiger charge is 2.19. The number of aromatic nitrogens is 2. The molecule has 0 fully saturated rings. The first-order valence-electron chi connectivity index (χ1n) is 5.69. The van der Waals surface area contributed by atoms with Gasteiger partial charge in [-0.1, -0.05) is 34.4 Å². The van der Waals surface area contributed by atoms with Gasteiger partial charge in [0, 0.05) is 5.38 Å². The fourth-order valence-electron chi connectivity index (χ4n) is 1.88. The second-order valence-electron chi connectivity index (χ2n) is 4.15. The van der Waals surface area contributed by atoms with Crippen molar-refractivity contribution in [3.05, 3.63) is 38.6 Å². The van der Waals surface area contributed by atoms with Gasteiger partial charge < -0.3 is 10.3 Å². The summed E-state index contributed by atoms with van der Waals surface area (Å²) in [5.41, 5.74) is 8.67. The van der Waals surface area contributed by atoms with Crippen molar-refractivity contribution in [2.24, 2.45) is 0 Å². The zero-order valence-electron chi connectivity index (χ0n) is 10.4. The first kappa shape index (κ1) is 13.4. The van der Waals surface area contributed by atoms with Crippen molar-refractivity contribution in [2.75, 3.05) is 5.73 Å². The number of anilines is 1. The van der Waals surface area contributed by atoms with E-state index in [1.807, 2.05) is 18.4 Å². The van der Waals surface area contributed by atoms with Crippen LogP contribution in [0.2, 0.25) is 10.0 Å². The summed E-state index contributed by atoms with van der Waals surface area (Å²) in [6.45, 7) is 1.93. The Kier molecular flexibility index (Phi) is 3.41. The van der Waals surface area contributed by atoms with Crippen LogP contribution in [0.1, 0.15) is 5.01 Å². The van der Waals surface area contributed by atoms with Crippen molar-refractivity contribution in [3.63, 3.8) is 0 Å². The summed E-state index contributed by atoms with van der Waals surface area (Å²) in [6, 6.07) is 5.26. The van der Waals surface area contributed by atoms with Crippen LogP contribution in [0.25, 0.3) is 22.5 Å². The predicted molar refractivity (Wildman–Crippen MR) is 82.2 cm³/mol. The average Bonchev–Trinajstić information content (AvgIpc) is 2.99. The van der Waals surface area contributed by atoms with Crippen LogP contribution in [-0.4, -0.2) is 10.1 Å². The van der Waals surface area contributed by atoms with Crippen LogP contribution in [0, 0.1) is 6.92 Å². The van der Waals surface area contributed by atoms with Gasteiger partial charge in [0.05, 0.1) is 20.6 Å². The molecule has 7 heteroatoms. The Bertz CT molecular complexity index is 782. The first-order chi connectivity index (χ1) is 9.56. The van der Waals surface area contributed by atoms with E-state index in [0.717, 1.165) is 16.3 Å². The van der Waals surface area contributed by atoms with Crippen LogP contribution in [0.15, 0.2) is 28.1 Å². The van der Waals surface area contributed by atoms with E-state index in [0.29, 0.717) is 21.3 Å². The molecule has 0 spiro atoms. The Labute approximate surface area is 129 Å². The van der Waals surface area contributed by atoms with Crippen molar-refractivity contribution >= 4 is 40.4 Å². The fraction of sp³-hybridized carbons (Fsp3) is 0.0769. The van der Waals surface area contributed by atoms with Crippen molar-refractivity contribution in [1.82, 2.24) is 10.1 Å². The minimum atomic E-state index is 0.226. The van der Waals surface area contributed by atoms with Crippen LogP contribution in [0.4, 0.5) is 5.88 Å². The van der Waals surface area contributed by atoms with Gasteiger partial charge in [-0.15, -0.1) is 11.3 Å². The molecule has 0 radical (unpaired) electrons. The molecule has 0 bridgehead atoms. The molecule has 2 aromatic heterocycles. The second kappa shape index (κ2) is 5.09. The van der Waals surface area contributed by atoms with Crippen molar-refractivity contribution in [1.29, 1.82) is 0 Å². The monoisotopic (exact) mass is 325 g/mol. The number of halogens is 2. The number of rotatable bonds is 2. The lowest BCUT2D eigenvalue weighted by Gasteiger charge is -2.03. The van der Waals surface area contributed by atoms with Crippen molar-refractivity contribution < 1.29 is 4.52 Å². The number of nitrogens with two attached hydrogens (primary N) is 1. The summed E-state index contributed by atoms with van der Waals surface area (Å²) in [5.74, 6) is 0.226. The molecular weight excluding hydrogens is 317 g/mol. The maximum atomic E-state index is 6.05. The van der Waals surface area contributed by atoms with Gasteiger partial charge in [-0.3, -0.25) is 0 Å². The van der Waals surface area contributed by atoms with Gasteiger partial charge >= 0.3 is 0 Å². The number of aryl methyl sites for hydroxylation is 1. The maximum absolute atomic E-state index is 6.05. The van der Waals surface area contributed by atoms with E-state index in [2.05, 4.69) is 10.1 Å². The van der Waals surface area contributed by atoms with E-state index < -0.39 is 0 Å². The van der Waals surface area contributed by atoms with Crippen LogP contribution >= 0.6 is 34.5 Å². The number of hydrogen-bond donors (Lipinski definition) is 1. The molecule has 3 rings (SSSR count). The summed E-state index contributed by atoms with van der Waals surface area (Å²) < 4.78 is 5.10. The third-order valence-electron chi connectivity index (χ3n) is 2.79. The number of nitrogens with zero attached hydrogens (tertiary/aromatic N) is 2. The molecular formula is C13H9Cl2N3OS. The molecule has 0 atom stereocenters. The molecule has 4 nitrogen and oxygen atoms in total. The lowest BCUT2D eigenvalue weighted by Crippen LogP contribution is -1.88. The fourth-order valence-corrected chi connectivity index (χ4v) is 2.78. The third kappa shape index (κ3) is 2.28. The van der Waals surface area contributed by atoms with Gasteiger partial charge in [-0.25, -0.2) is 4.98 Å². The summed E-state index contributed by atoms with van der Waals surface area (Å²) in [7, 11) is 0. The highest BCUT2D eigenvalue weighted by molar-refractivity contribution is 7.09. The SMILES string of the molecule is Cc1nc(-c2noc(N)c2-c2ccc(Cl)c(Cl)c2)cs1. The first-order valence-corrected chi connectivity index (χ1v) is 7.33. The normalized spacial score (nSPS) is 10.9. The van der Waals surface area contributed by atoms with Crippen molar-refractivity contribution in [2.45, 2.75) is 6.92 Å². The molecule has 102 valence electrons. The van der Waals surface area contributed by atoms with E-state index >= 15 is 0 Å². The van der Waals surface area contributed by atoms with Gasteiger partial charge in [0.15, 0.2) is 0 Å². The topological polar surface area (TPSA) is 64.9 Å². The maximum Gasteiger partial charge on any atom is 0.230 e. The quantitative estimate of drug-likeness (QED) is 0.744. The van der Waals surface area contributed by atoms with Gasteiger partial charge in [0.2, 0.25) is 5.88 Å². The molecule has 0 unspecified atom stereocenters. The van der Waals surface area contributed by atoms with Crippen LogP contribution in [0.3, 0.4) is 0 Å². The summed E-state index contributed by atoms with van der Waals surface area (Å²) in [5, 5.41) is 7.78. The highest BCUT2D eigenvalue weighted by atomic mass is 35.5. The molecule has 0 aliphatic carbocycles. The zero-order chi connectivity index (χ0) is 14.3. The highest BCUT2D eigenvalue weighted by Crippen LogP contribution is 2.38. The Balaban J connectivity index is 2.18. The van der Waals surface area contributed by atoms with Gasteiger partial charge in [-0.05, 0) is 24.6 Å². The minimum absolute atomic E-state index is 0.226. The van der Waals surface area contributed by atoms with Gasteiger partial charge in [-0.2, -0.15) is 0 Å². The van der Waals surface area contributed by atoms with E-state index in [1.54, 1.807) is 12.1 Å². The average molecular weight is 326 g/mol. The molecule has 3 aromatic rings. The summed E-state index contributed by atoms with van der Waals surface area (Å²) >= 11 is 13.5. The summed E-state index contributed by atoms with van der Waals surface area (Å²) in [4.78, 5) is 4.40. The van der Waals surface area contributed by atoms with Crippen LogP contribution in [-0.2, 0) is 0 Å². The van der Waals surface area contributed by atoms with Gasteiger partial charge in [0.25, 0.3) is 0 Å². The molecule has 1 aromatic carbocycles. The standard InChI is InChI=1S/C13H9Cl2N3OS/c1-6-17-10(5-20-6)12-11(13(16)19-18-12)7-2-3-8(14)9(15)4-7/h2-5H,16H2,1H3. The summed E-state index contributed by atoms with van der Waals surface area (Å²) in [6.07, 6.45) is 0.